The highest BCUT2D eigenvalue weighted by molar-refractivity contribution is 6.14. The minimum atomic E-state index is -0.442. The summed E-state index contributed by atoms with van der Waals surface area (Å²) in [5.74, 6) is -0.442. The highest BCUT2D eigenvalue weighted by Crippen LogP contribution is 2.21. The molecule has 0 atom stereocenters. The number of anilines is 2. The van der Waals surface area contributed by atoms with Crippen LogP contribution in [0.3, 0.4) is 0 Å². The molecule has 1 amide bonds. The Hall–Kier alpha value is -4.25. The van der Waals surface area contributed by atoms with Crippen molar-refractivity contribution in [3.63, 3.8) is 0 Å². The quantitative estimate of drug-likeness (QED) is 0.466. The first-order valence-electron chi connectivity index (χ1n) is 8.63. The van der Waals surface area contributed by atoms with E-state index < -0.39 is 5.91 Å². The molecule has 29 heavy (non-hydrogen) atoms. The fourth-order valence-electron chi connectivity index (χ4n) is 2.77. The van der Waals surface area contributed by atoms with E-state index in [0.717, 1.165) is 0 Å². The van der Waals surface area contributed by atoms with Crippen molar-refractivity contribution < 1.29 is 4.79 Å². The lowest BCUT2D eigenvalue weighted by molar-refractivity contribution is 0.102. The van der Waals surface area contributed by atoms with E-state index in [0.29, 0.717) is 33.6 Å². The number of hydrogen-bond donors (Lipinski definition) is 3. The molecule has 3 rings (SSSR count). The van der Waals surface area contributed by atoms with E-state index in [1.165, 1.54) is 16.8 Å². The van der Waals surface area contributed by atoms with Crippen LogP contribution in [-0.4, -0.2) is 21.2 Å². The van der Waals surface area contributed by atoms with Gasteiger partial charge in [0.15, 0.2) is 0 Å². The molecule has 0 aliphatic carbocycles. The number of carbonyl (C=O) groups excluding carboxylic acids is 1. The highest BCUT2D eigenvalue weighted by atomic mass is 16.2. The Labute approximate surface area is 166 Å². The maximum absolute atomic E-state index is 12.6. The summed E-state index contributed by atoms with van der Waals surface area (Å²) in [6.45, 7) is 1.70. The number of aryl methyl sites for hydroxylation is 2. The molecule has 0 saturated carbocycles. The minimum absolute atomic E-state index is 0.0731. The fraction of sp³-hybridized carbons (Fsp3) is 0.0952. The van der Waals surface area contributed by atoms with Crippen LogP contribution in [-0.2, 0) is 7.05 Å². The Bertz CT molecular complexity index is 1240. The predicted octanol–water partition coefficient (Wildman–Crippen LogP) is 2.21. The molecular weight excluding hydrogens is 368 g/mol. The lowest BCUT2D eigenvalue weighted by atomic mass is 10.0. The van der Waals surface area contributed by atoms with Crippen LogP contribution in [0.4, 0.5) is 11.4 Å². The molecule has 0 spiro atoms. The van der Waals surface area contributed by atoms with Gasteiger partial charge in [0.05, 0.1) is 11.3 Å². The van der Waals surface area contributed by atoms with Gasteiger partial charge >= 0.3 is 0 Å². The molecule has 0 radical (unpaired) electrons. The van der Waals surface area contributed by atoms with Crippen molar-refractivity contribution >= 4 is 23.0 Å². The number of carbonyl (C=O) groups is 1. The minimum Gasteiger partial charge on any atom is -0.398 e. The summed E-state index contributed by atoms with van der Waals surface area (Å²) in [6, 6.07) is 11.3. The average Bonchev–Trinajstić information content (AvgIpc) is 2.70. The zero-order valence-corrected chi connectivity index (χ0v) is 15.9. The number of nitrogens with zero attached hydrogens (tertiary/aromatic N) is 3. The van der Waals surface area contributed by atoms with Gasteiger partial charge < -0.3 is 15.6 Å². The van der Waals surface area contributed by atoms with Gasteiger partial charge in [-0.15, -0.1) is 0 Å². The molecule has 2 aromatic heterocycles. The van der Waals surface area contributed by atoms with Crippen LogP contribution in [0.25, 0.3) is 0 Å². The van der Waals surface area contributed by atoms with Gasteiger partial charge in [-0.2, -0.15) is 5.26 Å². The van der Waals surface area contributed by atoms with Gasteiger partial charge in [0, 0.05) is 48.0 Å². The normalized spacial score (nSPS) is 10.2. The van der Waals surface area contributed by atoms with Crippen LogP contribution in [0.1, 0.15) is 32.7 Å². The zero-order chi connectivity index (χ0) is 21.1. The second-order valence-corrected chi connectivity index (χ2v) is 6.50. The third-order valence-electron chi connectivity index (χ3n) is 4.40. The van der Waals surface area contributed by atoms with E-state index in [4.69, 9.17) is 16.4 Å². The second kappa shape index (κ2) is 7.78. The third kappa shape index (κ3) is 4.04. The van der Waals surface area contributed by atoms with Crippen LogP contribution in [0.2, 0.25) is 0 Å². The maximum Gasteiger partial charge on any atom is 0.274 e. The summed E-state index contributed by atoms with van der Waals surface area (Å²) in [5, 5.41) is 20.1. The standard InChI is InChI=1S/C21H18N6O2/c1-12-7-13(10-22)11-25-20(12)21(29)26-15-3-4-17(23)16(9-15)19(24)14-5-6-27(2)18(28)8-14/h3-9,11,24H,23H2,1-2H3,(H,26,29). The Morgan fingerprint density at radius 2 is 2.03 bits per heavy atom. The topological polar surface area (TPSA) is 138 Å². The van der Waals surface area contributed by atoms with Crippen LogP contribution < -0.4 is 16.6 Å². The monoisotopic (exact) mass is 386 g/mol. The molecule has 0 aliphatic heterocycles. The summed E-state index contributed by atoms with van der Waals surface area (Å²) in [6.07, 6.45) is 2.91. The molecule has 0 saturated heterocycles. The molecule has 0 aliphatic rings. The van der Waals surface area contributed by atoms with Gasteiger partial charge in [-0.3, -0.25) is 15.0 Å². The van der Waals surface area contributed by atoms with Crippen LogP contribution in [0, 0.1) is 23.7 Å². The zero-order valence-electron chi connectivity index (χ0n) is 15.9. The number of pyridine rings is 2. The molecule has 1 aromatic carbocycles. The first kappa shape index (κ1) is 19.5. The molecule has 2 heterocycles. The van der Waals surface area contributed by atoms with Crippen molar-refractivity contribution in [3.8, 4) is 6.07 Å². The van der Waals surface area contributed by atoms with Crippen LogP contribution in [0.5, 0.6) is 0 Å². The van der Waals surface area contributed by atoms with Crippen molar-refractivity contribution in [2.24, 2.45) is 7.05 Å². The smallest absolute Gasteiger partial charge is 0.274 e. The van der Waals surface area contributed by atoms with Crippen molar-refractivity contribution in [2.45, 2.75) is 6.92 Å². The van der Waals surface area contributed by atoms with Gasteiger partial charge in [0.25, 0.3) is 11.5 Å². The SMILES string of the molecule is Cc1cc(C#N)cnc1C(=O)Nc1ccc(N)c(C(=N)c2ccn(C)c(=O)c2)c1. The lowest BCUT2D eigenvalue weighted by Crippen LogP contribution is -2.18. The number of rotatable bonds is 4. The first-order valence-corrected chi connectivity index (χ1v) is 8.63. The summed E-state index contributed by atoms with van der Waals surface area (Å²) in [4.78, 5) is 28.5. The van der Waals surface area contributed by atoms with E-state index in [1.54, 1.807) is 50.5 Å². The fourth-order valence-corrected chi connectivity index (χ4v) is 2.77. The summed E-state index contributed by atoms with van der Waals surface area (Å²) >= 11 is 0. The van der Waals surface area contributed by atoms with Crippen molar-refractivity contribution in [2.75, 3.05) is 11.1 Å². The first-order chi connectivity index (χ1) is 13.8. The number of nitrogens with one attached hydrogen (secondary N) is 2. The van der Waals surface area contributed by atoms with Gasteiger partial charge in [0.1, 0.15) is 11.8 Å². The van der Waals surface area contributed by atoms with E-state index in [2.05, 4.69) is 10.3 Å². The average molecular weight is 386 g/mol. The van der Waals surface area contributed by atoms with Crippen LogP contribution in [0.15, 0.2) is 53.6 Å². The molecule has 8 nitrogen and oxygen atoms in total. The Morgan fingerprint density at radius 1 is 1.28 bits per heavy atom. The van der Waals surface area contributed by atoms with Gasteiger partial charge in [-0.25, -0.2) is 4.98 Å². The van der Waals surface area contributed by atoms with Crippen molar-refractivity contribution in [1.82, 2.24) is 9.55 Å². The predicted molar refractivity (Wildman–Crippen MR) is 110 cm³/mol. The summed E-state index contributed by atoms with van der Waals surface area (Å²) in [5.41, 5.74) is 8.58. The van der Waals surface area contributed by atoms with E-state index >= 15 is 0 Å². The number of benzene rings is 1. The summed E-state index contributed by atoms with van der Waals surface area (Å²) in [7, 11) is 1.62. The largest absolute Gasteiger partial charge is 0.398 e. The van der Waals surface area contributed by atoms with Crippen molar-refractivity contribution in [1.29, 1.82) is 10.7 Å². The van der Waals surface area contributed by atoms with E-state index in [1.807, 2.05) is 6.07 Å². The lowest BCUT2D eigenvalue weighted by Gasteiger charge is -2.12. The molecule has 0 bridgehead atoms. The number of hydrogen-bond acceptors (Lipinski definition) is 6. The van der Waals surface area contributed by atoms with E-state index in [-0.39, 0.29) is 17.0 Å². The Kier molecular flexibility index (Phi) is 5.23. The molecule has 144 valence electrons. The number of nitrogen functional groups attached to an aromatic ring is 1. The van der Waals surface area contributed by atoms with Gasteiger partial charge in [-0.1, -0.05) is 0 Å². The van der Waals surface area contributed by atoms with Crippen LogP contribution >= 0.6 is 0 Å². The molecule has 0 fully saturated rings. The molecule has 4 N–H and O–H groups in total. The molecule has 0 unspecified atom stereocenters. The highest BCUT2D eigenvalue weighted by Gasteiger charge is 2.15. The molecule has 8 heteroatoms. The van der Waals surface area contributed by atoms with E-state index in [9.17, 15) is 9.59 Å². The molecular formula is C21H18N6O2. The number of amides is 1. The third-order valence-corrected chi connectivity index (χ3v) is 4.40. The van der Waals surface area contributed by atoms with Crippen molar-refractivity contribution in [3.05, 3.63) is 87.1 Å². The number of nitriles is 1. The molecule has 3 aromatic rings. The number of aromatic nitrogens is 2. The van der Waals surface area contributed by atoms with Gasteiger partial charge in [0.2, 0.25) is 0 Å². The Balaban J connectivity index is 1.90. The Morgan fingerprint density at radius 3 is 2.69 bits per heavy atom. The summed E-state index contributed by atoms with van der Waals surface area (Å²) < 4.78 is 1.41. The number of nitrogens with two attached hydrogens (primary N) is 1. The second-order valence-electron chi connectivity index (χ2n) is 6.50. The van der Waals surface area contributed by atoms with Gasteiger partial charge in [-0.05, 0) is 42.8 Å². The maximum atomic E-state index is 12.6.